The zero-order valence-electron chi connectivity index (χ0n) is 12.1. The Morgan fingerprint density at radius 1 is 1.18 bits per heavy atom. The van der Waals surface area contributed by atoms with Gasteiger partial charge >= 0.3 is 0 Å². The zero-order valence-corrected chi connectivity index (χ0v) is 12.1. The van der Waals surface area contributed by atoms with Gasteiger partial charge in [0.15, 0.2) is 0 Å². The molecular formula is C15H31NO. The molecule has 1 saturated carbocycles. The van der Waals surface area contributed by atoms with E-state index in [2.05, 4.69) is 33.0 Å². The number of aliphatic hydroxyl groups is 1. The van der Waals surface area contributed by atoms with Crippen LogP contribution in [0.5, 0.6) is 0 Å². The summed E-state index contributed by atoms with van der Waals surface area (Å²) in [4.78, 5) is 0. The second-order valence-electron chi connectivity index (χ2n) is 6.74. The summed E-state index contributed by atoms with van der Waals surface area (Å²) >= 11 is 0. The summed E-state index contributed by atoms with van der Waals surface area (Å²) in [7, 11) is 0. The predicted octanol–water partition coefficient (Wildman–Crippen LogP) is 3.20. The molecule has 17 heavy (non-hydrogen) atoms. The van der Waals surface area contributed by atoms with Crippen molar-refractivity contribution >= 4 is 0 Å². The smallest absolute Gasteiger partial charge is 0.0587 e. The highest BCUT2D eigenvalue weighted by Gasteiger charge is 2.31. The second kappa shape index (κ2) is 6.75. The molecule has 0 aliphatic heterocycles. The lowest BCUT2D eigenvalue weighted by Gasteiger charge is -2.38. The fraction of sp³-hybridized carbons (Fsp3) is 1.00. The molecule has 0 radical (unpaired) electrons. The Labute approximate surface area is 107 Å². The van der Waals surface area contributed by atoms with Crippen LogP contribution in [-0.4, -0.2) is 24.3 Å². The molecule has 0 aromatic heterocycles. The van der Waals surface area contributed by atoms with Crippen LogP contribution in [0.3, 0.4) is 0 Å². The van der Waals surface area contributed by atoms with Gasteiger partial charge in [-0.05, 0) is 30.1 Å². The van der Waals surface area contributed by atoms with Crippen molar-refractivity contribution in [1.29, 1.82) is 0 Å². The fourth-order valence-electron chi connectivity index (χ4n) is 2.93. The number of rotatable bonds is 6. The van der Waals surface area contributed by atoms with Crippen LogP contribution in [-0.2, 0) is 0 Å². The third kappa shape index (κ3) is 4.59. The molecule has 0 aromatic rings. The minimum atomic E-state index is 0.248. The van der Waals surface area contributed by atoms with Crippen LogP contribution in [0, 0.1) is 17.3 Å². The van der Waals surface area contributed by atoms with Crippen molar-refractivity contribution in [1.82, 2.24) is 5.32 Å². The summed E-state index contributed by atoms with van der Waals surface area (Å²) in [6.07, 6.45) is 7.01. The monoisotopic (exact) mass is 241 g/mol. The van der Waals surface area contributed by atoms with Crippen molar-refractivity contribution in [2.24, 2.45) is 17.3 Å². The Morgan fingerprint density at radius 2 is 1.76 bits per heavy atom. The van der Waals surface area contributed by atoms with E-state index >= 15 is 0 Å². The molecule has 1 fully saturated rings. The summed E-state index contributed by atoms with van der Waals surface area (Å²) in [5.41, 5.74) is 0.364. The van der Waals surface area contributed by atoms with E-state index in [4.69, 9.17) is 0 Å². The number of hydrogen-bond acceptors (Lipinski definition) is 2. The lowest BCUT2D eigenvalue weighted by Crippen LogP contribution is -2.44. The van der Waals surface area contributed by atoms with Crippen LogP contribution in [0.4, 0.5) is 0 Å². The molecule has 1 unspecified atom stereocenters. The van der Waals surface area contributed by atoms with Gasteiger partial charge in [0, 0.05) is 12.6 Å². The molecule has 0 aromatic carbocycles. The second-order valence-corrected chi connectivity index (χ2v) is 6.74. The van der Waals surface area contributed by atoms with E-state index in [1.165, 1.54) is 32.1 Å². The van der Waals surface area contributed by atoms with Gasteiger partial charge in [-0.25, -0.2) is 0 Å². The highest BCUT2D eigenvalue weighted by atomic mass is 16.3. The molecule has 2 nitrogen and oxygen atoms in total. The zero-order chi connectivity index (χ0) is 12.9. The van der Waals surface area contributed by atoms with Crippen LogP contribution in [0.2, 0.25) is 0 Å². The largest absolute Gasteiger partial charge is 0.395 e. The van der Waals surface area contributed by atoms with E-state index in [0.717, 1.165) is 12.5 Å². The van der Waals surface area contributed by atoms with Crippen molar-refractivity contribution in [2.75, 3.05) is 13.2 Å². The lowest BCUT2D eigenvalue weighted by atomic mass is 9.71. The fourth-order valence-corrected chi connectivity index (χ4v) is 2.93. The Balaban J connectivity index is 2.41. The van der Waals surface area contributed by atoms with Crippen molar-refractivity contribution < 1.29 is 5.11 Å². The first-order valence-corrected chi connectivity index (χ1v) is 7.31. The minimum absolute atomic E-state index is 0.248. The van der Waals surface area contributed by atoms with E-state index in [-0.39, 0.29) is 12.6 Å². The van der Waals surface area contributed by atoms with Crippen LogP contribution >= 0.6 is 0 Å². The Morgan fingerprint density at radius 3 is 2.24 bits per heavy atom. The van der Waals surface area contributed by atoms with Crippen LogP contribution in [0.25, 0.3) is 0 Å². The molecule has 1 atom stereocenters. The number of nitrogens with one attached hydrogen (secondary N) is 1. The van der Waals surface area contributed by atoms with Gasteiger partial charge in [0.1, 0.15) is 0 Å². The molecular weight excluding hydrogens is 210 g/mol. The summed E-state index contributed by atoms with van der Waals surface area (Å²) in [5, 5.41) is 12.9. The summed E-state index contributed by atoms with van der Waals surface area (Å²) < 4.78 is 0. The van der Waals surface area contributed by atoms with Crippen molar-refractivity contribution in [3.63, 3.8) is 0 Å². The summed E-state index contributed by atoms with van der Waals surface area (Å²) in [5.74, 6) is 1.36. The highest BCUT2D eigenvalue weighted by molar-refractivity contribution is 4.84. The number of hydrogen-bond donors (Lipinski definition) is 2. The average molecular weight is 241 g/mol. The molecule has 2 N–H and O–H groups in total. The van der Waals surface area contributed by atoms with Gasteiger partial charge in [0.2, 0.25) is 0 Å². The third-order valence-electron chi connectivity index (χ3n) is 4.53. The van der Waals surface area contributed by atoms with Crippen molar-refractivity contribution in [2.45, 2.75) is 65.8 Å². The maximum absolute atomic E-state index is 9.34. The molecule has 0 bridgehead atoms. The first-order valence-electron chi connectivity index (χ1n) is 7.31. The normalized spacial score (nSPS) is 20.8. The predicted molar refractivity (Wildman–Crippen MR) is 74.1 cm³/mol. The summed E-state index contributed by atoms with van der Waals surface area (Å²) in [6.45, 7) is 10.4. The van der Waals surface area contributed by atoms with Crippen LogP contribution in [0.1, 0.15) is 59.8 Å². The van der Waals surface area contributed by atoms with Crippen molar-refractivity contribution in [3.8, 4) is 0 Å². The maximum Gasteiger partial charge on any atom is 0.0587 e. The topological polar surface area (TPSA) is 32.3 Å². The SMILES string of the molecule is CC(C)C(CO)NCC(C)(C)C1CCCCC1. The Kier molecular flexibility index (Phi) is 5.94. The van der Waals surface area contributed by atoms with Gasteiger partial charge in [-0.2, -0.15) is 0 Å². The molecule has 0 amide bonds. The molecule has 102 valence electrons. The molecule has 0 saturated heterocycles. The van der Waals surface area contributed by atoms with E-state index in [0.29, 0.717) is 11.3 Å². The van der Waals surface area contributed by atoms with E-state index in [1.54, 1.807) is 0 Å². The standard InChI is InChI=1S/C15H31NO/c1-12(2)14(10-17)16-11-15(3,4)13-8-6-5-7-9-13/h12-14,16-17H,5-11H2,1-4H3. The molecule has 1 rings (SSSR count). The van der Waals surface area contributed by atoms with Crippen LogP contribution < -0.4 is 5.32 Å². The average Bonchev–Trinajstić information content (AvgIpc) is 2.30. The van der Waals surface area contributed by atoms with E-state index in [9.17, 15) is 5.11 Å². The quantitative estimate of drug-likeness (QED) is 0.748. The van der Waals surface area contributed by atoms with Crippen molar-refractivity contribution in [3.05, 3.63) is 0 Å². The molecule has 0 spiro atoms. The van der Waals surface area contributed by atoms with Crippen LogP contribution in [0.15, 0.2) is 0 Å². The highest BCUT2D eigenvalue weighted by Crippen LogP contribution is 2.37. The lowest BCUT2D eigenvalue weighted by molar-refractivity contribution is 0.132. The van der Waals surface area contributed by atoms with Gasteiger partial charge in [0.25, 0.3) is 0 Å². The number of aliphatic hydroxyl groups excluding tert-OH is 1. The minimum Gasteiger partial charge on any atom is -0.395 e. The maximum atomic E-state index is 9.34. The van der Waals surface area contributed by atoms with Gasteiger partial charge in [-0.15, -0.1) is 0 Å². The van der Waals surface area contributed by atoms with Gasteiger partial charge in [-0.3, -0.25) is 0 Å². The van der Waals surface area contributed by atoms with Gasteiger partial charge in [-0.1, -0.05) is 47.0 Å². The molecule has 1 aliphatic rings. The van der Waals surface area contributed by atoms with Gasteiger partial charge in [0.05, 0.1) is 6.61 Å². The first kappa shape index (κ1) is 15.0. The molecule has 0 heterocycles. The summed E-state index contributed by atoms with van der Waals surface area (Å²) in [6, 6.07) is 0.248. The third-order valence-corrected chi connectivity index (χ3v) is 4.53. The molecule has 2 heteroatoms. The Bertz CT molecular complexity index is 207. The van der Waals surface area contributed by atoms with E-state index < -0.39 is 0 Å². The Hall–Kier alpha value is -0.0800. The molecule has 1 aliphatic carbocycles. The first-order chi connectivity index (χ1) is 7.97. The van der Waals surface area contributed by atoms with Gasteiger partial charge < -0.3 is 10.4 Å². The van der Waals surface area contributed by atoms with E-state index in [1.807, 2.05) is 0 Å².